The van der Waals surface area contributed by atoms with E-state index in [-0.39, 0.29) is 0 Å². The average Bonchev–Trinajstić information content (AvgIpc) is 2.86. The topological polar surface area (TPSA) is 31.0 Å². The molecule has 3 nitrogen and oxygen atoms in total. The van der Waals surface area contributed by atoms with Crippen LogP contribution < -0.4 is 0 Å². The Morgan fingerprint density at radius 3 is 2.57 bits per heavy atom. The van der Waals surface area contributed by atoms with Gasteiger partial charge in [0.25, 0.3) is 0 Å². The Kier molecular flexibility index (Phi) is 1.44. The van der Waals surface area contributed by atoms with Gasteiger partial charge in [0, 0.05) is 12.4 Å². The van der Waals surface area contributed by atoms with Crippen molar-refractivity contribution in [1.82, 2.24) is 9.55 Å². The molecule has 0 spiro atoms. The fourth-order valence-electron chi connectivity index (χ4n) is 1.43. The average molecular weight is 184 g/mol. The second-order valence-corrected chi connectivity index (χ2v) is 3.05. The van der Waals surface area contributed by atoms with Crippen LogP contribution in [0, 0.1) is 0 Å². The van der Waals surface area contributed by atoms with Crippen molar-refractivity contribution in [2.24, 2.45) is 0 Å². The Hall–Kier alpha value is -2.03. The minimum atomic E-state index is 0.608. The maximum atomic E-state index is 5.56. The van der Waals surface area contributed by atoms with E-state index in [1.54, 1.807) is 0 Å². The minimum Gasteiger partial charge on any atom is -0.423 e. The minimum absolute atomic E-state index is 0.608. The third kappa shape index (κ3) is 1.03. The highest BCUT2D eigenvalue weighted by atomic mass is 16.4. The molecule has 0 saturated heterocycles. The van der Waals surface area contributed by atoms with Crippen molar-refractivity contribution in [1.29, 1.82) is 0 Å². The highest BCUT2D eigenvalue weighted by molar-refractivity contribution is 5.73. The summed E-state index contributed by atoms with van der Waals surface area (Å²) in [5, 5.41) is 0. The largest absolute Gasteiger partial charge is 0.423 e. The van der Waals surface area contributed by atoms with Crippen LogP contribution in [0.2, 0.25) is 0 Å². The molecule has 0 radical (unpaired) electrons. The van der Waals surface area contributed by atoms with Crippen LogP contribution in [0.1, 0.15) is 0 Å². The van der Waals surface area contributed by atoms with Gasteiger partial charge >= 0.3 is 6.01 Å². The van der Waals surface area contributed by atoms with Crippen LogP contribution >= 0.6 is 0 Å². The standard InChI is InChI=1S/C11H8N2O/c1-2-6-10-9(5-1)12-11(14-10)13-7-3-4-8-13/h1-8H. The van der Waals surface area contributed by atoms with Gasteiger partial charge in [0.2, 0.25) is 0 Å². The van der Waals surface area contributed by atoms with Gasteiger partial charge in [-0.3, -0.25) is 4.57 Å². The number of nitrogens with zero attached hydrogens (tertiary/aromatic N) is 2. The zero-order valence-electron chi connectivity index (χ0n) is 7.42. The number of aromatic nitrogens is 2. The van der Waals surface area contributed by atoms with Crippen molar-refractivity contribution in [3.8, 4) is 6.01 Å². The number of hydrogen-bond donors (Lipinski definition) is 0. The molecule has 0 fully saturated rings. The van der Waals surface area contributed by atoms with E-state index in [1.807, 2.05) is 53.4 Å². The van der Waals surface area contributed by atoms with E-state index >= 15 is 0 Å². The smallest absolute Gasteiger partial charge is 0.306 e. The van der Waals surface area contributed by atoms with Gasteiger partial charge < -0.3 is 4.42 Å². The third-order valence-electron chi connectivity index (χ3n) is 2.11. The van der Waals surface area contributed by atoms with E-state index in [2.05, 4.69) is 4.98 Å². The molecule has 0 atom stereocenters. The lowest BCUT2D eigenvalue weighted by Gasteiger charge is -1.91. The SMILES string of the molecule is c1ccc2oc(-n3cccc3)nc2c1. The van der Waals surface area contributed by atoms with Crippen molar-refractivity contribution in [2.45, 2.75) is 0 Å². The van der Waals surface area contributed by atoms with E-state index < -0.39 is 0 Å². The summed E-state index contributed by atoms with van der Waals surface area (Å²) in [7, 11) is 0. The Balaban J connectivity index is 2.24. The molecule has 1 aromatic carbocycles. The molecule has 0 unspecified atom stereocenters. The summed E-state index contributed by atoms with van der Waals surface area (Å²) in [5.74, 6) is 0. The summed E-state index contributed by atoms with van der Waals surface area (Å²) < 4.78 is 7.41. The second kappa shape index (κ2) is 2.73. The Bertz CT molecular complexity index is 518. The summed E-state index contributed by atoms with van der Waals surface area (Å²) >= 11 is 0. The molecule has 68 valence electrons. The van der Waals surface area contributed by atoms with Gasteiger partial charge in [-0.05, 0) is 24.3 Å². The first-order valence-corrected chi connectivity index (χ1v) is 4.42. The van der Waals surface area contributed by atoms with E-state index in [4.69, 9.17) is 4.42 Å². The summed E-state index contributed by atoms with van der Waals surface area (Å²) in [5.41, 5.74) is 1.70. The van der Waals surface area contributed by atoms with Gasteiger partial charge in [-0.25, -0.2) is 0 Å². The Labute approximate surface area is 80.6 Å². The predicted molar refractivity (Wildman–Crippen MR) is 53.3 cm³/mol. The molecule has 2 aromatic heterocycles. The molecule has 14 heavy (non-hydrogen) atoms. The van der Waals surface area contributed by atoms with Crippen molar-refractivity contribution < 1.29 is 4.42 Å². The second-order valence-electron chi connectivity index (χ2n) is 3.05. The quantitative estimate of drug-likeness (QED) is 0.582. The zero-order valence-corrected chi connectivity index (χ0v) is 7.42. The molecule has 0 N–H and O–H groups in total. The Morgan fingerprint density at radius 1 is 1.00 bits per heavy atom. The van der Waals surface area contributed by atoms with Crippen molar-refractivity contribution in [3.63, 3.8) is 0 Å². The number of fused-ring (bicyclic) bond motifs is 1. The maximum absolute atomic E-state index is 5.56. The first-order valence-electron chi connectivity index (χ1n) is 4.42. The summed E-state index contributed by atoms with van der Waals surface area (Å²) in [6.07, 6.45) is 3.81. The fourth-order valence-corrected chi connectivity index (χ4v) is 1.43. The third-order valence-corrected chi connectivity index (χ3v) is 2.11. The van der Waals surface area contributed by atoms with Gasteiger partial charge in [-0.1, -0.05) is 12.1 Å². The van der Waals surface area contributed by atoms with E-state index in [9.17, 15) is 0 Å². The molecular formula is C11H8N2O. The maximum Gasteiger partial charge on any atom is 0.306 e. The monoisotopic (exact) mass is 184 g/mol. The molecule has 0 saturated carbocycles. The van der Waals surface area contributed by atoms with E-state index in [1.165, 1.54) is 0 Å². The lowest BCUT2D eigenvalue weighted by Crippen LogP contribution is -1.87. The predicted octanol–water partition coefficient (Wildman–Crippen LogP) is 2.62. The van der Waals surface area contributed by atoms with Crippen LogP contribution in [0.15, 0.2) is 53.2 Å². The highest BCUT2D eigenvalue weighted by Crippen LogP contribution is 2.17. The van der Waals surface area contributed by atoms with Crippen molar-refractivity contribution >= 4 is 11.1 Å². The van der Waals surface area contributed by atoms with Crippen molar-refractivity contribution in [2.75, 3.05) is 0 Å². The van der Waals surface area contributed by atoms with Crippen molar-refractivity contribution in [3.05, 3.63) is 48.8 Å². The number of benzene rings is 1. The number of para-hydroxylation sites is 2. The molecule has 3 aromatic rings. The summed E-state index contributed by atoms with van der Waals surface area (Å²) in [6, 6.07) is 12.2. The highest BCUT2D eigenvalue weighted by Gasteiger charge is 2.04. The van der Waals surface area contributed by atoms with Crippen LogP contribution in [-0.2, 0) is 0 Å². The molecular weight excluding hydrogens is 176 g/mol. The van der Waals surface area contributed by atoms with Crippen LogP contribution in [-0.4, -0.2) is 9.55 Å². The molecule has 0 aliphatic rings. The molecule has 0 aliphatic carbocycles. The van der Waals surface area contributed by atoms with Crippen LogP contribution in [0.25, 0.3) is 17.1 Å². The summed E-state index contributed by atoms with van der Waals surface area (Å²) in [4.78, 5) is 4.35. The summed E-state index contributed by atoms with van der Waals surface area (Å²) in [6.45, 7) is 0. The molecule has 0 amide bonds. The van der Waals surface area contributed by atoms with E-state index in [0.717, 1.165) is 11.1 Å². The first kappa shape index (κ1) is 7.38. The molecule has 0 aliphatic heterocycles. The van der Waals surface area contributed by atoms with Gasteiger partial charge in [0.15, 0.2) is 5.58 Å². The lowest BCUT2D eigenvalue weighted by molar-refractivity contribution is 0.565. The fraction of sp³-hybridized carbons (Fsp3) is 0. The van der Waals surface area contributed by atoms with Gasteiger partial charge in [-0.15, -0.1) is 0 Å². The normalized spacial score (nSPS) is 10.9. The molecule has 2 heterocycles. The first-order chi connectivity index (χ1) is 6.93. The number of rotatable bonds is 1. The number of hydrogen-bond acceptors (Lipinski definition) is 2. The van der Waals surface area contributed by atoms with Crippen LogP contribution in [0.3, 0.4) is 0 Å². The molecule has 0 bridgehead atoms. The van der Waals surface area contributed by atoms with Gasteiger partial charge in [0.05, 0.1) is 0 Å². The zero-order chi connectivity index (χ0) is 9.38. The van der Waals surface area contributed by atoms with Crippen LogP contribution in [0.4, 0.5) is 0 Å². The lowest BCUT2D eigenvalue weighted by atomic mass is 10.3. The van der Waals surface area contributed by atoms with Gasteiger partial charge in [0.1, 0.15) is 5.52 Å². The van der Waals surface area contributed by atoms with Crippen LogP contribution in [0.5, 0.6) is 0 Å². The Morgan fingerprint density at radius 2 is 1.79 bits per heavy atom. The number of oxazole rings is 1. The molecule has 3 rings (SSSR count). The molecule has 3 heteroatoms. The van der Waals surface area contributed by atoms with Gasteiger partial charge in [-0.2, -0.15) is 4.98 Å². The van der Waals surface area contributed by atoms with E-state index in [0.29, 0.717) is 6.01 Å².